The number of carbonyl (C=O) groups is 2. The number of nitrogens with zero attached hydrogens (tertiary/aromatic N) is 1. The molecule has 0 heterocycles. The molecule has 0 spiro atoms. The zero-order chi connectivity index (χ0) is 23.2. The van der Waals surface area contributed by atoms with Crippen LogP contribution in [0.2, 0.25) is 5.02 Å². The van der Waals surface area contributed by atoms with Crippen molar-refractivity contribution in [3.05, 3.63) is 53.1 Å². The van der Waals surface area contributed by atoms with Gasteiger partial charge in [0.15, 0.2) is 6.10 Å². The molecule has 0 aromatic heterocycles. The number of amides is 1. The summed E-state index contributed by atoms with van der Waals surface area (Å²) in [6.45, 7) is 3.69. The minimum Gasteiger partial charge on any atom is -0.481 e. The summed E-state index contributed by atoms with van der Waals surface area (Å²) in [6, 6.07) is 10.9. The molecular weight excluding hydrogens is 444 g/mol. The molecule has 2 aromatic carbocycles. The van der Waals surface area contributed by atoms with Gasteiger partial charge in [0.2, 0.25) is 10.0 Å². The Morgan fingerprint density at radius 2 is 1.77 bits per heavy atom. The van der Waals surface area contributed by atoms with E-state index in [0.717, 1.165) is 10.6 Å². The fourth-order valence-corrected chi connectivity index (χ4v) is 3.30. The number of anilines is 2. The van der Waals surface area contributed by atoms with Gasteiger partial charge < -0.3 is 14.8 Å². The summed E-state index contributed by atoms with van der Waals surface area (Å²) in [5.74, 6) is -0.570. The van der Waals surface area contributed by atoms with E-state index in [2.05, 4.69) is 5.32 Å². The summed E-state index contributed by atoms with van der Waals surface area (Å²) in [5.41, 5.74) is 1.01. The van der Waals surface area contributed by atoms with Crippen molar-refractivity contribution in [2.75, 3.05) is 29.5 Å². The van der Waals surface area contributed by atoms with Crippen molar-refractivity contribution in [2.24, 2.45) is 0 Å². The normalized spacial score (nSPS) is 12.0. The van der Waals surface area contributed by atoms with Crippen LogP contribution >= 0.6 is 11.6 Å². The fourth-order valence-electron chi connectivity index (χ4n) is 2.60. The van der Waals surface area contributed by atoms with Crippen LogP contribution < -0.4 is 14.4 Å². The van der Waals surface area contributed by atoms with Crippen LogP contribution in [0.1, 0.15) is 30.6 Å². The first kappa shape index (κ1) is 24.5. The molecule has 0 bridgehead atoms. The molecule has 0 saturated heterocycles. The Kier molecular flexibility index (Phi) is 8.29. The number of sulfonamides is 1. The molecule has 0 unspecified atom stereocenters. The highest BCUT2D eigenvalue weighted by atomic mass is 35.5. The lowest BCUT2D eigenvalue weighted by Crippen LogP contribution is -2.32. The Labute approximate surface area is 187 Å². The highest BCUT2D eigenvalue weighted by Gasteiger charge is 2.20. The number of ether oxygens (including phenoxy) is 2. The lowest BCUT2D eigenvalue weighted by atomic mass is 10.2. The van der Waals surface area contributed by atoms with Crippen molar-refractivity contribution in [3.63, 3.8) is 0 Å². The van der Waals surface area contributed by atoms with Crippen molar-refractivity contribution in [2.45, 2.75) is 26.4 Å². The second kappa shape index (κ2) is 10.5. The minimum absolute atomic E-state index is 0.154. The predicted molar refractivity (Wildman–Crippen MR) is 120 cm³/mol. The second-order valence-electron chi connectivity index (χ2n) is 6.64. The first-order valence-corrected chi connectivity index (χ1v) is 11.8. The van der Waals surface area contributed by atoms with Gasteiger partial charge in [-0.25, -0.2) is 13.2 Å². The van der Waals surface area contributed by atoms with E-state index in [0.29, 0.717) is 23.5 Å². The van der Waals surface area contributed by atoms with Gasteiger partial charge in [0.25, 0.3) is 5.91 Å². The van der Waals surface area contributed by atoms with Crippen LogP contribution in [0.5, 0.6) is 5.75 Å². The van der Waals surface area contributed by atoms with E-state index in [4.69, 9.17) is 21.1 Å². The van der Waals surface area contributed by atoms with E-state index in [1.54, 1.807) is 44.2 Å². The molecule has 2 rings (SSSR count). The van der Waals surface area contributed by atoms with Gasteiger partial charge in [-0.2, -0.15) is 0 Å². The van der Waals surface area contributed by atoms with Gasteiger partial charge in [-0.15, -0.1) is 0 Å². The molecule has 8 nitrogen and oxygen atoms in total. The van der Waals surface area contributed by atoms with E-state index in [1.165, 1.54) is 19.2 Å². The van der Waals surface area contributed by atoms with Crippen LogP contribution in [0.15, 0.2) is 42.5 Å². The summed E-state index contributed by atoms with van der Waals surface area (Å²) in [6.07, 6.45) is 0.689. The number of nitrogens with one attached hydrogen (secondary N) is 1. The Bertz CT molecular complexity index is 1040. The molecule has 0 fully saturated rings. The maximum atomic E-state index is 12.7. The van der Waals surface area contributed by atoms with E-state index in [-0.39, 0.29) is 17.2 Å². The zero-order valence-electron chi connectivity index (χ0n) is 17.7. The molecule has 2 aromatic rings. The summed E-state index contributed by atoms with van der Waals surface area (Å²) in [7, 11) is -1.93. The van der Waals surface area contributed by atoms with Crippen molar-refractivity contribution in [3.8, 4) is 5.75 Å². The number of benzene rings is 2. The first-order chi connectivity index (χ1) is 14.6. The summed E-state index contributed by atoms with van der Waals surface area (Å²) in [4.78, 5) is 24.7. The molecule has 31 heavy (non-hydrogen) atoms. The summed E-state index contributed by atoms with van der Waals surface area (Å²) in [5, 5.41) is 2.93. The summed E-state index contributed by atoms with van der Waals surface area (Å²) >= 11 is 6.04. The molecule has 0 saturated carbocycles. The van der Waals surface area contributed by atoms with Crippen molar-refractivity contribution >= 4 is 44.9 Å². The maximum Gasteiger partial charge on any atom is 0.339 e. The Morgan fingerprint density at radius 1 is 1.13 bits per heavy atom. The Balaban J connectivity index is 2.11. The molecule has 0 radical (unpaired) electrons. The van der Waals surface area contributed by atoms with Gasteiger partial charge in [-0.3, -0.25) is 9.10 Å². The Morgan fingerprint density at radius 3 is 2.32 bits per heavy atom. The first-order valence-electron chi connectivity index (χ1n) is 9.55. The van der Waals surface area contributed by atoms with E-state index >= 15 is 0 Å². The van der Waals surface area contributed by atoms with E-state index < -0.39 is 28.0 Å². The lowest BCUT2D eigenvalue weighted by molar-refractivity contribution is -0.122. The van der Waals surface area contributed by atoms with Gasteiger partial charge in [0, 0.05) is 12.7 Å². The molecule has 10 heteroatoms. The van der Waals surface area contributed by atoms with Crippen LogP contribution in [0.3, 0.4) is 0 Å². The van der Waals surface area contributed by atoms with E-state index in [1.807, 2.05) is 0 Å². The average molecular weight is 469 g/mol. The Hall–Kier alpha value is -2.78. The third-order valence-corrected chi connectivity index (χ3v) is 5.90. The molecule has 0 aliphatic rings. The number of rotatable bonds is 9. The largest absolute Gasteiger partial charge is 0.481 e. The highest BCUT2D eigenvalue weighted by molar-refractivity contribution is 7.92. The van der Waals surface area contributed by atoms with E-state index in [9.17, 15) is 18.0 Å². The van der Waals surface area contributed by atoms with Gasteiger partial charge >= 0.3 is 5.97 Å². The van der Waals surface area contributed by atoms with Crippen LogP contribution in [0, 0.1) is 0 Å². The molecule has 1 amide bonds. The quantitative estimate of drug-likeness (QED) is 0.563. The predicted octanol–water partition coefficient (Wildman–Crippen LogP) is 3.71. The van der Waals surface area contributed by atoms with Crippen molar-refractivity contribution < 1.29 is 27.5 Å². The third-order valence-electron chi connectivity index (χ3n) is 4.37. The lowest BCUT2D eigenvalue weighted by Gasteiger charge is -2.19. The number of carbonyl (C=O) groups excluding carboxylic acids is 2. The minimum atomic E-state index is -3.37. The smallest absolute Gasteiger partial charge is 0.339 e. The SMILES string of the molecule is CCOC(=O)c1cc(NC(=O)[C@H](CC)Oc2ccc(N(C)S(C)(=O)=O)cc2)ccc1Cl. The molecule has 168 valence electrons. The number of hydrogen-bond acceptors (Lipinski definition) is 6. The van der Waals surface area contributed by atoms with Crippen LogP contribution in [-0.2, 0) is 19.6 Å². The number of halogens is 1. The number of hydrogen-bond donors (Lipinski definition) is 1. The van der Waals surface area contributed by atoms with Gasteiger partial charge in [-0.05, 0) is 55.8 Å². The van der Waals surface area contributed by atoms with Gasteiger partial charge in [-0.1, -0.05) is 18.5 Å². The fraction of sp³-hybridized carbons (Fsp3) is 0.333. The van der Waals surface area contributed by atoms with Gasteiger partial charge in [0.05, 0.1) is 29.1 Å². The molecule has 0 aliphatic carbocycles. The van der Waals surface area contributed by atoms with Crippen LogP contribution in [0.4, 0.5) is 11.4 Å². The summed E-state index contributed by atoms with van der Waals surface area (Å²) < 4.78 is 35.1. The van der Waals surface area contributed by atoms with Crippen LogP contribution in [-0.4, -0.2) is 46.3 Å². The topological polar surface area (TPSA) is 102 Å². The highest BCUT2D eigenvalue weighted by Crippen LogP contribution is 2.24. The molecule has 0 aliphatic heterocycles. The van der Waals surface area contributed by atoms with Crippen molar-refractivity contribution in [1.82, 2.24) is 0 Å². The third kappa shape index (κ3) is 6.60. The van der Waals surface area contributed by atoms with Crippen LogP contribution in [0.25, 0.3) is 0 Å². The van der Waals surface area contributed by atoms with Gasteiger partial charge in [0.1, 0.15) is 5.75 Å². The van der Waals surface area contributed by atoms with Crippen molar-refractivity contribution in [1.29, 1.82) is 0 Å². The standard InChI is InChI=1S/C21H25ClN2O6S/c1-5-19(30-16-10-8-15(9-11-16)24(3)31(4,27)28)20(25)23-14-7-12-18(22)17(13-14)21(26)29-6-2/h7-13,19H,5-6H2,1-4H3,(H,23,25)/t19-/m0/s1. The zero-order valence-corrected chi connectivity index (χ0v) is 19.3. The average Bonchev–Trinajstić information content (AvgIpc) is 2.72. The monoisotopic (exact) mass is 468 g/mol. The molecule has 1 N–H and O–H groups in total. The molecule has 1 atom stereocenters. The molecular formula is C21H25ClN2O6S. The second-order valence-corrected chi connectivity index (χ2v) is 9.06. The maximum absolute atomic E-state index is 12.7. The number of esters is 1.